The Labute approximate surface area is 82.8 Å². The molecule has 0 aliphatic heterocycles. The molecule has 0 aliphatic carbocycles. The number of carbonyl (C=O) groups is 2. The van der Waals surface area contributed by atoms with Crippen LogP contribution in [0.5, 0.6) is 0 Å². The highest BCUT2D eigenvalue weighted by Crippen LogP contribution is 1.85. The minimum Gasteiger partial charge on any atom is -0.467 e. The Morgan fingerprint density at radius 2 is 2.07 bits per heavy atom. The summed E-state index contributed by atoms with van der Waals surface area (Å²) in [6.45, 7) is 0.0905. The molecule has 0 spiro atoms. The fourth-order valence-corrected chi connectivity index (χ4v) is 0.773. The molecule has 2 N–H and O–H groups in total. The van der Waals surface area contributed by atoms with E-state index in [9.17, 15) is 9.59 Å². The van der Waals surface area contributed by atoms with Crippen LogP contribution < -0.4 is 5.32 Å². The van der Waals surface area contributed by atoms with Gasteiger partial charge in [-0.05, 0) is 14.1 Å². The van der Waals surface area contributed by atoms with Crippen molar-refractivity contribution in [2.75, 3.05) is 34.3 Å². The van der Waals surface area contributed by atoms with E-state index in [0.717, 1.165) is 0 Å². The van der Waals surface area contributed by atoms with Gasteiger partial charge in [0, 0.05) is 0 Å². The van der Waals surface area contributed by atoms with E-state index in [1.54, 1.807) is 19.0 Å². The number of aliphatic hydroxyl groups excluding tert-OH is 1. The minimum atomic E-state index is -1.30. The van der Waals surface area contributed by atoms with E-state index in [2.05, 4.69) is 10.1 Å². The molecule has 1 amide bonds. The number of carbonyl (C=O) groups excluding carboxylic acids is 2. The van der Waals surface area contributed by atoms with E-state index in [-0.39, 0.29) is 19.0 Å². The summed E-state index contributed by atoms with van der Waals surface area (Å²) in [6, 6.07) is 0. The molecular formula is C8H16N2O4. The fourth-order valence-electron chi connectivity index (χ4n) is 0.773. The van der Waals surface area contributed by atoms with E-state index in [0.29, 0.717) is 0 Å². The number of methoxy groups -OCH3 is 1. The summed E-state index contributed by atoms with van der Waals surface area (Å²) >= 11 is 0. The normalized spacial score (nSPS) is 12.4. The standard InChI is InChI=1S/C8H16N2O4/c1-10(2)5-7(12)9-4-6(11)8(13)14-3/h6,11H,4-5H2,1-3H3,(H,9,12). The van der Waals surface area contributed by atoms with Crippen molar-refractivity contribution in [2.45, 2.75) is 6.10 Å². The molecule has 0 fully saturated rings. The maximum Gasteiger partial charge on any atom is 0.336 e. The Morgan fingerprint density at radius 1 is 1.50 bits per heavy atom. The number of nitrogens with one attached hydrogen (secondary N) is 1. The number of ether oxygens (including phenoxy) is 1. The number of amides is 1. The first-order chi connectivity index (χ1) is 6.47. The van der Waals surface area contributed by atoms with Crippen LogP contribution in [0.25, 0.3) is 0 Å². The number of esters is 1. The monoisotopic (exact) mass is 204 g/mol. The lowest BCUT2D eigenvalue weighted by Gasteiger charge is -2.12. The van der Waals surface area contributed by atoms with Crippen molar-refractivity contribution >= 4 is 11.9 Å². The zero-order chi connectivity index (χ0) is 11.1. The Balaban J connectivity index is 3.71. The van der Waals surface area contributed by atoms with Crippen LogP contribution in [0, 0.1) is 0 Å². The number of nitrogens with zero attached hydrogens (tertiary/aromatic N) is 1. The van der Waals surface area contributed by atoms with Crippen molar-refractivity contribution in [3.63, 3.8) is 0 Å². The van der Waals surface area contributed by atoms with Gasteiger partial charge in [0.25, 0.3) is 0 Å². The van der Waals surface area contributed by atoms with Gasteiger partial charge in [-0.3, -0.25) is 4.79 Å². The highest BCUT2D eigenvalue weighted by molar-refractivity contribution is 5.79. The van der Waals surface area contributed by atoms with E-state index < -0.39 is 12.1 Å². The zero-order valence-electron chi connectivity index (χ0n) is 8.61. The summed E-state index contributed by atoms with van der Waals surface area (Å²) in [4.78, 5) is 23.4. The number of hydrogen-bond donors (Lipinski definition) is 2. The quantitative estimate of drug-likeness (QED) is 0.516. The first-order valence-corrected chi connectivity index (χ1v) is 4.14. The highest BCUT2D eigenvalue weighted by Gasteiger charge is 2.15. The van der Waals surface area contributed by atoms with Crippen molar-refractivity contribution in [1.82, 2.24) is 10.2 Å². The summed E-state index contributed by atoms with van der Waals surface area (Å²) in [7, 11) is 4.67. The average molecular weight is 204 g/mol. The van der Waals surface area contributed by atoms with Crippen molar-refractivity contribution in [3.05, 3.63) is 0 Å². The Hall–Kier alpha value is -1.14. The third-order valence-electron chi connectivity index (χ3n) is 1.43. The molecule has 0 radical (unpaired) electrons. The zero-order valence-corrected chi connectivity index (χ0v) is 8.61. The molecule has 0 aromatic heterocycles. The van der Waals surface area contributed by atoms with E-state index in [1.807, 2.05) is 0 Å². The molecule has 0 rings (SSSR count). The first-order valence-electron chi connectivity index (χ1n) is 4.14. The summed E-state index contributed by atoms with van der Waals surface area (Å²) < 4.78 is 4.27. The number of likely N-dealkylation sites (N-methyl/N-ethyl adjacent to an activating group) is 1. The van der Waals surface area contributed by atoms with Gasteiger partial charge in [-0.2, -0.15) is 0 Å². The van der Waals surface area contributed by atoms with Crippen LogP contribution in [0.4, 0.5) is 0 Å². The fraction of sp³-hybridized carbons (Fsp3) is 0.750. The maximum absolute atomic E-state index is 11.1. The Morgan fingerprint density at radius 3 is 2.50 bits per heavy atom. The van der Waals surface area contributed by atoms with Crippen LogP contribution in [0.15, 0.2) is 0 Å². The van der Waals surface area contributed by atoms with E-state index >= 15 is 0 Å². The van der Waals surface area contributed by atoms with Crippen molar-refractivity contribution in [1.29, 1.82) is 0 Å². The average Bonchev–Trinajstić information content (AvgIpc) is 2.11. The van der Waals surface area contributed by atoms with Gasteiger partial charge in [0.15, 0.2) is 6.10 Å². The lowest BCUT2D eigenvalue weighted by molar-refractivity contribution is -0.150. The molecule has 0 saturated heterocycles. The smallest absolute Gasteiger partial charge is 0.336 e. The lowest BCUT2D eigenvalue weighted by atomic mass is 10.3. The van der Waals surface area contributed by atoms with Crippen molar-refractivity contribution in [3.8, 4) is 0 Å². The SMILES string of the molecule is COC(=O)C(O)CNC(=O)CN(C)C. The second kappa shape index (κ2) is 6.33. The summed E-state index contributed by atoms with van der Waals surface area (Å²) in [5, 5.41) is 11.5. The molecule has 82 valence electrons. The van der Waals surface area contributed by atoms with Gasteiger partial charge < -0.3 is 20.1 Å². The van der Waals surface area contributed by atoms with Crippen LogP contribution in [-0.2, 0) is 14.3 Å². The molecule has 0 aromatic rings. The molecule has 14 heavy (non-hydrogen) atoms. The Kier molecular flexibility index (Phi) is 5.82. The van der Waals surface area contributed by atoms with Crippen LogP contribution in [0.1, 0.15) is 0 Å². The third-order valence-corrected chi connectivity index (χ3v) is 1.43. The topological polar surface area (TPSA) is 78.9 Å². The lowest BCUT2D eigenvalue weighted by Crippen LogP contribution is -2.40. The summed E-state index contributed by atoms with van der Waals surface area (Å²) in [5.41, 5.74) is 0. The first kappa shape index (κ1) is 12.9. The Bertz CT molecular complexity index is 206. The molecule has 0 saturated carbocycles. The second-order valence-electron chi connectivity index (χ2n) is 3.08. The molecule has 6 heteroatoms. The van der Waals surface area contributed by atoms with Gasteiger partial charge in [-0.15, -0.1) is 0 Å². The highest BCUT2D eigenvalue weighted by atomic mass is 16.5. The number of hydrogen-bond acceptors (Lipinski definition) is 5. The van der Waals surface area contributed by atoms with Crippen LogP contribution in [0.2, 0.25) is 0 Å². The van der Waals surface area contributed by atoms with Crippen LogP contribution in [0.3, 0.4) is 0 Å². The summed E-state index contributed by atoms with van der Waals surface area (Å²) in [5.74, 6) is -1.01. The van der Waals surface area contributed by atoms with E-state index in [1.165, 1.54) is 7.11 Å². The van der Waals surface area contributed by atoms with Gasteiger partial charge in [0.1, 0.15) is 0 Å². The number of rotatable bonds is 5. The molecule has 0 bridgehead atoms. The summed E-state index contributed by atoms with van der Waals surface area (Å²) in [6.07, 6.45) is -1.30. The van der Waals surface area contributed by atoms with Gasteiger partial charge in [0.2, 0.25) is 5.91 Å². The molecule has 1 atom stereocenters. The predicted molar refractivity (Wildman–Crippen MR) is 49.6 cm³/mol. The molecular weight excluding hydrogens is 188 g/mol. The van der Waals surface area contributed by atoms with Crippen LogP contribution in [-0.4, -0.2) is 62.3 Å². The van der Waals surface area contributed by atoms with Crippen LogP contribution >= 0.6 is 0 Å². The third kappa shape index (κ3) is 5.50. The van der Waals surface area contributed by atoms with Gasteiger partial charge >= 0.3 is 5.97 Å². The van der Waals surface area contributed by atoms with Gasteiger partial charge in [-0.25, -0.2) is 4.79 Å². The van der Waals surface area contributed by atoms with Gasteiger partial charge in [0.05, 0.1) is 20.2 Å². The second-order valence-corrected chi connectivity index (χ2v) is 3.08. The maximum atomic E-state index is 11.1. The minimum absolute atomic E-state index is 0.126. The molecule has 6 nitrogen and oxygen atoms in total. The van der Waals surface area contributed by atoms with Gasteiger partial charge in [-0.1, -0.05) is 0 Å². The molecule has 0 aliphatic rings. The number of aliphatic hydroxyl groups is 1. The van der Waals surface area contributed by atoms with E-state index in [4.69, 9.17) is 5.11 Å². The van der Waals surface area contributed by atoms with Crippen molar-refractivity contribution < 1.29 is 19.4 Å². The predicted octanol–water partition coefficient (Wildman–Crippen LogP) is -1.80. The van der Waals surface area contributed by atoms with Crippen molar-refractivity contribution in [2.24, 2.45) is 0 Å². The molecule has 0 aromatic carbocycles. The molecule has 1 unspecified atom stereocenters. The largest absolute Gasteiger partial charge is 0.467 e. The molecule has 0 heterocycles.